The first kappa shape index (κ1) is 20.5. The maximum absolute atomic E-state index is 11.5. The fourth-order valence-corrected chi connectivity index (χ4v) is 5.16. The monoisotopic (exact) mass is 447 g/mol. The van der Waals surface area contributed by atoms with Crippen LogP contribution in [0.25, 0.3) is 10.2 Å². The van der Waals surface area contributed by atoms with Crippen LogP contribution in [0, 0.1) is 10.1 Å². The van der Waals surface area contributed by atoms with Crippen molar-refractivity contribution in [2.45, 2.75) is 18.2 Å². The highest BCUT2D eigenvalue weighted by atomic mass is 32.2. The number of rotatable bonds is 5. The van der Waals surface area contributed by atoms with Crippen LogP contribution in [-0.2, 0) is 16.4 Å². The number of benzene rings is 2. The van der Waals surface area contributed by atoms with Gasteiger partial charge in [0, 0.05) is 32.2 Å². The quantitative estimate of drug-likeness (QED) is 0.471. The molecule has 0 radical (unpaired) electrons. The molecule has 3 aromatic rings. The second kappa shape index (κ2) is 7.82. The predicted octanol–water partition coefficient (Wildman–Crippen LogP) is 2.74. The van der Waals surface area contributed by atoms with Gasteiger partial charge in [0.05, 0.1) is 20.0 Å². The van der Waals surface area contributed by atoms with Crippen LogP contribution in [0.5, 0.6) is 0 Å². The van der Waals surface area contributed by atoms with E-state index in [0.717, 1.165) is 27.8 Å². The fraction of sp³-hybridized carbons (Fsp3) is 0.316. The molecule has 1 fully saturated rings. The summed E-state index contributed by atoms with van der Waals surface area (Å²) < 4.78 is 24.2. The number of hydrogen-bond acceptors (Lipinski definition) is 8. The molecule has 1 aliphatic rings. The highest BCUT2D eigenvalue weighted by molar-refractivity contribution is 7.89. The van der Waals surface area contributed by atoms with Gasteiger partial charge in [-0.2, -0.15) is 0 Å². The van der Waals surface area contributed by atoms with Gasteiger partial charge < -0.3 is 9.80 Å². The summed E-state index contributed by atoms with van der Waals surface area (Å²) in [4.78, 5) is 19.5. The molecule has 1 aliphatic heterocycles. The molecule has 2 aromatic carbocycles. The number of hydrogen-bond donors (Lipinski definition) is 1. The largest absolute Gasteiger partial charge is 0.362 e. The Morgan fingerprint density at radius 3 is 2.47 bits per heavy atom. The number of nitrogens with two attached hydrogens (primary N) is 1. The van der Waals surface area contributed by atoms with Gasteiger partial charge in [0.25, 0.3) is 5.69 Å². The molecule has 0 unspecified atom stereocenters. The summed E-state index contributed by atoms with van der Waals surface area (Å²) in [6, 6.07) is 10.1. The van der Waals surface area contributed by atoms with Crippen molar-refractivity contribution in [3.63, 3.8) is 0 Å². The van der Waals surface area contributed by atoms with Crippen LogP contribution < -0.4 is 14.9 Å². The van der Waals surface area contributed by atoms with Gasteiger partial charge in [0.15, 0.2) is 5.13 Å². The first-order chi connectivity index (χ1) is 14.3. The van der Waals surface area contributed by atoms with Crippen molar-refractivity contribution in [3.8, 4) is 0 Å². The van der Waals surface area contributed by atoms with Gasteiger partial charge in [-0.1, -0.05) is 24.3 Å². The number of nitrogens with zero attached hydrogens (tertiary/aromatic N) is 4. The van der Waals surface area contributed by atoms with Crippen molar-refractivity contribution in [3.05, 3.63) is 52.1 Å². The number of nitro benzene ring substituents is 1. The van der Waals surface area contributed by atoms with Crippen molar-refractivity contribution >= 4 is 48.1 Å². The van der Waals surface area contributed by atoms with Crippen LogP contribution in [0.4, 0.5) is 16.5 Å². The first-order valence-electron chi connectivity index (χ1n) is 9.47. The highest BCUT2D eigenvalue weighted by Gasteiger charge is 2.26. The van der Waals surface area contributed by atoms with E-state index in [4.69, 9.17) is 10.1 Å². The zero-order chi connectivity index (χ0) is 21.5. The molecule has 2 heterocycles. The topological polar surface area (TPSA) is 123 Å². The molecule has 30 heavy (non-hydrogen) atoms. The van der Waals surface area contributed by atoms with Gasteiger partial charge in [-0.15, -0.1) is 0 Å². The van der Waals surface area contributed by atoms with Crippen molar-refractivity contribution in [2.24, 2.45) is 5.14 Å². The van der Waals surface area contributed by atoms with Gasteiger partial charge in [-0.25, -0.2) is 18.5 Å². The number of thiazole rings is 1. The van der Waals surface area contributed by atoms with E-state index in [1.807, 2.05) is 11.0 Å². The van der Waals surface area contributed by atoms with Crippen molar-refractivity contribution in [1.29, 1.82) is 0 Å². The second-order valence-corrected chi connectivity index (χ2v) is 9.65. The molecule has 0 saturated carbocycles. The van der Waals surface area contributed by atoms with E-state index < -0.39 is 14.9 Å². The fourth-order valence-electron chi connectivity index (χ4n) is 3.54. The molecule has 0 amide bonds. The van der Waals surface area contributed by atoms with Crippen LogP contribution in [-0.4, -0.2) is 44.5 Å². The number of aromatic nitrogens is 1. The third-order valence-electron chi connectivity index (χ3n) is 5.21. The van der Waals surface area contributed by atoms with Crippen LogP contribution >= 0.6 is 11.3 Å². The van der Waals surface area contributed by atoms with Gasteiger partial charge in [-0.05, 0) is 36.2 Å². The van der Waals surface area contributed by atoms with Crippen LogP contribution in [0.2, 0.25) is 0 Å². The molecule has 0 aliphatic carbocycles. The van der Waals surface area contributed by atoms with E-state index in [1.165, 1.54) is 17.7 Å². The zero-order valence-corrected chi connectivity index (χ0v) is 17.9. The summed E-state index contributed by atoms with van der Waals surface area (Å²) in [6.07, 6.45) is 0.977. The lowest BCUT2D eigenvalue weighted by molar-refractivity contribution is -0.384. The number of aryl methyl sites for hydroxylation is 1. The maximum Gasteiger partial charge on any atom is 0.293 e. The smallest absolute Gasteiger partial charge is 0.293 e. The Morgan fingerprint density at radius 1 is 1.13 bits per heavy atom. The average molecular weight is 448 g/mol. The molecule has 11 heteroatoms. The zero-order valence-electron chi connectivity index (χ0n) is 16.3. The van der Waals surface area contributed by atoms with E-state index in [2.05, 4.69) is 24.0 Å². The SMILES string of the molecule is CCc1ccc2nc(N3CCN(c4ccc(S(N)(=O)=O)cc4[N+](=O)[O-])CC3)sc2c1. The number of anilines is 2. The number of sulfonamides is 1. The number of piperazine rings is 1. The van der Waals surface area contributed by atoms with Crippen LogP contribution in [0.15, 0.2) is 41.3 Å². The first-order valence-corrected chi connectivity index (χ1v) is 11.8. The minimum atomic E-state index is -4.01. The Hall–Kier alpha value is -2.76. The number of nitro groups is 1. The van der Waals surface area contributed by atoms with Crippen LogP contribution in [0.1, 0.15) is 12.5 Å². The van der Waals surface area contributed by atoms with Gasteiger partial charge in [-0.3, -0.25) is 10.1 Å². The van der Waals surface area contributed by atoms with E-state index >= 15 is 0 Å². The molecule has 0 spiro atoms. The minimum Gasteiger partial charge on any atom is -0.362 e. The third kappa shape index (κ3) is 3.95. The number of primary sulfonamides is 1. The highest BCUT2D eigenvalue weighted by Crippen LogP contribution is 2.34. The Labute approximate surface area is 177 Å². The summed E-state index contributed by atoms with van der Waals surface area (Å²) >= 11 is 1.65. The molecule has 158 valence electrons. The molecular formula is C19H21N5O4S2. The normalized spacial score (nSPS) is 15.0. The van der Waals surface area contributed by atoms with Crippen molar-refractivity contribution in [1.82, 2.24) is 4.98 Å². The molecule has 1 saturated heterocycles. The molecule has 0 atom stereocenters. The lowest BCUT2D eigenvalue weighted by atomic mass is 10.2. The molecule has 0 bridgehead atoms. The predicted molar refractivity (Wildman–Crippen MR) is 118 cm³/mol. The van der Waals surface area contributed by atoms with E-state index in [0.29, 0.717) is 31.9 Å². The maximum atomic E-state index is 11.5. The summed E-state index contributed by atoms with van der Waals surface area (Å²) in [5.41, 5.74) is 2.38. The molecular weight excluding hydrogens is 426 g/mol. The summed E-state index contributed by atoms with van der Waals surface area (Å²) in [5.74, 6) is 0. The van der Waals surface area contributed by atoms with E-state index in [1.54, 1.807) is 11.3 Å². The molecule has 4 rings (SSSR count). The van der Waals surface area contributed by atoms with E-state index in [-0.39, 0.29) is 10.6 Å². The minimum absolute atomic E-state index is 0.262. The summed E-state index contributed by atoms with van der Waals surface area (Å²) in [7, 11) is -4.01. The Bertz CT molecular complexity index is 1220. The Morgan fingerprint density at radius 2 is 1.83 bits per heavy atom. The van der Waals surface area contributed by atoms with Gasteiger partial charge >= 0.3 is 0 Å². The van der Waals surface area contributed by atoms with Gasteiger partial charge in [0.2, 0.25) is 10.0 Å². The van der Waals surface area contributed by atoms with Crippen molar-refractivity contribution in [2.75, 3.05) is 36.0 Å². The average Bonchev–Trinajstić information content (AvgIpc) is 3.16. The lowest BCUT2D eigenvalue weighted by Gasteiger charge is -2.35. The summed E-state index contributed by atoms with van der Waals surface area (Å²) in [6.45, 7) is 4.57. The third-order valence-corrected chi connectivity index (χ3v) is 7.20. The second-order valence-electron chi connectivity index (χ2n) is 7.08. The Balaban J connectivity index is 1.54. The van der Waals surface area contributed by atoms with Gasteiger partial charge in [0.1, 0.15) is 5.69 Å². The van der Waals surface area contributed by atoms with Crippen LogP contribution in [0.3, 0.4) is 0 Å². The molecule has 1 aromatic heterocycles. The molecule has 2 N–H and O–H groups in total. The Kier molecular flexibility index (Phi) is 5.35. The standard InChI is InChI=1S/C19H21N5O4S2/c1-2-13-3-5-15-18(11-13)29-19(21-15)23-9-7-22(8-10-23)16-6-4-14(30(20,27)28)12-17(16)24(25)26/h3-6,11-12H,2,7-10H2,1H3,(H2,20,27,28). The van der Waals surface area contributed by atoms with E-state index in [9.17, 15) is 18.5 Å². The summed E-state index contributed by atoms with van der Waals surface area (Å²) in [5, 5.41) is 17.6. The van der Waals surface area contributed by atoms with Crippen molar-refractivity contribution < 1.29 is 13.3 Å². The lowest BCUT2D eigenvalue weighted by Crippen LogP contribution is -2.46. The number of fused-ring (bicyclic) bond motifs is 1. The molecule has 9 nitrogen and oxygen atoms in total.